The quantitative estimate of drug-likeness (QED) is 0.317. The second kappa shape index (κ2) is 5.66. The lowest BCUT2D eigenvalue weighted by Gasteiger charge is -2.00. The molecule has 4 N–H and O–H groups in total. The van der Waals surface area contributed by atoms with Crippen LogP contribution in [0.1, 0.15) is 4.88 Å². The van der Waals surface area contributed by atoms with Crippen molar-refractivity contribution < 1.29 is 0 Å². The number of thiophene rings is 1. The molecule has 0 amide bonds. The Hall–Kier alpha value is 0.0600. The first-order valence-electron chi connectivity index (χ1n) is 3.70. The molecule has 0 fully saturated rings. The van der Waals surface area contributed by atoms with Crippen molar-refractivity contribution in [2.45, 2.75) is 6.42 Å². The van der Waals surface area contributed by atoms with Crippen molar-refractivity contribution in [1.29, 1.82) is 0 Å². The summed E-state index contributed by atoms with van der Waals surface area (Å²) in [5.41, 5.74) is 2.54. The summed E-state index contributed by atoms with van der Waals surface area (Å²) in [6, 6.07) is 2.14. The van der Waals surface area contributed by atoms with E-state index >= 15 is 0 Å². The standard InChI is InChI=1S/C7H12BrN3S/c8-6-3-7(12-4-6)1-2-10-5-11-9/h3-4,10-11H,1-2,5,9H2. The molecule has 0 saturated heterocycles. The number of hydrogen-bond acceptors (Lipinski definition) is 4. The van der Waals surface area contributed by atoms with Crippen LogP contribution >= 0.6 is 27.3 Å². The zero-order chi connectivity index (χ0) is 8.81. The monoisotopic (exact) mass is 249 g/mol. The molecule has 0 aliphatic rings. The van der Waals surface area contributed by atoms with Gasteiger partial charge in [-0.05, 0) is 28.4 Å². The van der Waals surface area contributed by atoms with Gasteiger partial charge in [0.05, 0.1) is 6.67 Å². The minimum absolute atomic E-state index is 0.659. The summed E-state index contributed by atoms with van der Waals surface area (Å²) in [7, 11) is 0. The highest BCUT2D eigenvalue weighted by Crippen LogP contribution is 2.19. The Labute approximate surface area is 84.4 Å². The molecule has 3 nitrogen and oxygen atoms in total. The maximum Gasteiger partial charge on any atom is 0.0587 e. The molecule has 0 unspecified atom stereocenters. The summed E-state index contributed by atoms with van der Waals surface area (Å²) in [6.07, 6.45) is 1.05. The lowest BCUT2D eigenvalue weighted by molar-refractivity contribution is 0.603. The van der Waals surface area contributed by atoms with E-state index in [1.165, 1.54) is 9.35 Å². The first kappa shape index (κ1) is 10.1. The Morgan fingerprint density at radius 2 is 2.42 bits per heavy atom. The van der Waals surface area contributed by atoms with Gasteiger partial charge in [-0.15, -0.1) is 11.3 Å². The Bertz CT molecular complexity index is 226. The molecule has 0 aromatic carbocycles. The Morgan fingerprint density at radius 1 is 1.58 bits per heavy atom. The predicted octanol–water partition coefficient (Wildman–Crippen LogP) is 1.06. The van der Waals surface area contributed by atoms with Gasteiger partial charge in [-0.1, -0.05) is 0 Å². The third-order valence-electron chi connectivity index (χ3n) is 1.40. The van der Waals surface area contributed by atoms with Crippen LogP contribution in [0.25, 0.3) is 0 Å². The highest BCUT2D eigenvalue weighted by Gasteiger charge is 1.95. The maximum absolute atomic E-state index is 5.09. The molecule has 0 atom stereocenters. The number of nitrogens with one attached hydrogen (secondary N) is 2. The van der Waals surface area contributed by atoms with Crippen molar-refractivity contribution in [2.24, 2.45) is 5.84 Å². The molecule has 0 aliphatic carbocycles. The van der Waals surface area contributed by atoms with Crippen molar-refractivity contribution in [1.82, 2.24) is 10.7 Å². The molecule has 12 heavy (non-hydrogen) atoms. The number of halogens is 1. The molecule has 0 aliphatic heterocycles. The van der Waals surface area contributed by atoms with Crippen LogP contribution < -0.4 is 16.6 Å². The van der Waals surface area contributed by atoms with E-state index in [-0.39, 0.29) is 0 Å². The lowest BCUT2D eigenvalue weighted by atomic mass is 10.3. The Kier molecular flexibility index (Phi) is 4.79. The molecule has 0 saturated carbocycles. The second-order valence-electron chi connectivity index (χ2n) is 2.36. The van der Waals surface area contributed by atoms with E-state index in [9.17, 15) is 0 Å². The van der Waals surface area contributed by atoms with E-state index < -0.39 is 0 Å². The highest BCUT2D eigenvalue weighted by atomic mass is 79.9. The summed E-state index contributed by atoms with van der Waals surface area (Å²) >= 11 is 5.18. The molecule has 1 heterocycles. The molecular weight excluding hydrogens is 238 g/mol. The second-order valence-corrected chi connectivity index (χ2v) is 4.27. The van der Waals surface area contributed by atoms with Gasteiger partial charge >= 0.3 is 0 Å². The van der Waals surface area contributed by atoms with Gasteiger partial charge in [0.15, 0.2) is 0 Å². The molecule has 0 spiro atoms. The van der Waals surface area contributed by atoms with Crippen LogP contribution in [-0.4, -0.2) is 13.2 Å². The van der Waals surface area contributed by atoms with Gasteiger partial charge in [-0.2, -0.15) is 0 Å². The lowest BCUT2D eigenvalue weighted by Crippen LogP contribution is -2.34. The van der Waals surface area contributed by atoms with E-state index in [0.29, 0.717) is 6.67 Å². The van der Waals surface area contributed by atoms with Crippen LogP contribution in [0.3, 0.4) is 0 Å². The molecule has 0 bridgehead atoms. The minimum Gasteiger partial charge on any atom is -0.303 e. The largest absolute Gasteiger partial charge is 0.303 e. The van der Waals surface area contributed by atoms with E-state index in [4.69, 9.17) is 5.84 Å². The Balaban J connectivity index is 2.15. The average molecular weight is 250 g/mol. The van der Waals surface area contributed by atoms with Crippen molar-refractivity contribution in [2.75, 3.05) is 13.2 Å². The van der Waals surface area contributed by atoms with Crippen molar-refractivity contribution in [3.8, 4) is 0 Å². The molecule has 5 heteroatoms. The highest BCUT2D eigenvalue weighted by molar-refractivity contribution is 9.10. The van der Waals surface area contributed by atoms with Crippen LogP contribution in [0.15, 0.2) is 15.9 Å². The van der Waals surface area contributed by atoms with E-state index in [1.807, 2.05) is 0 Å². The molecule has 68 valence electrons. The van der Waals surface area contributed by atoms with E-state index in [2.05, 4.69) is 38.1 Å². The smallest absolute Gasteiger partial charge is 0.0587 e. The van der Waals surface area contributed by atoms with Gasteiger partial charge in [-0.3, -0.25) is 5.84 Å². The van der Waals surface area contributed by atoms with Crippen LogP contribution in [-0.2, 0) is 6.42 Å². The molecule has 0 radical (unpaired) electrons. The molecular formula is C7H12BrN3S. The molecule has 1 rings (SSSR count). The SMILES string of the molecule is NNCNCCc1cc(Br)cs1. The van der Waals surface area contributed by atoms with Crippen molar-refractivity contribution >= 4 is 27.3 Å². The number of hydrazine groups is 1. The summed E-state index contributed by atoms with van der Waals surface area (Å²) in [5, 5.41) is 5.24. The van der Waals surface area contributed by atoms with Gasteiger partial charge in [-0.25, -0.2) is 5.43 Å². The van der Waals surface area contributed by atoms with E-state index in [1.54, 1.807) is 11.3 Å². The number of nitrogens with two attached hydrogens (primary N) is 1. The topological polar surface area (TPSA) is 50.1 Å². The zero-order valence-corrected chi connectivity index (χ0v) is 9.04. The third-order valence-corrected chi connectivity index (χ3v) is 3.15. The first-order valence-corrected chi connectivity index (χ1v) is 5.37. The zero-order valence-electron chi connectivity index (χ0n) is 6.64. The fraction of sp³-hybridized carbons (Fsp3) is 0.429. The van der Waals surface area contributed by atoms with Gasteiger partial charge in [0.25, 0.3) is 0 Å². The summed E-state index contributed by atoms with van der Waals surface area (Å²) < 4.78 is 1.17. The first-order chi connectivity index (χ1) is 5.83. The average Bonchev–Trinajstić information content (AvgIpc) is 2.45. The number of hydrogen-bond donors (Lipinski definition) is 3. The fourth-order valence-electron chi connectivity index (χ4n) is 0.857. The van der Waals surface area contributed by atoms with E-state index in [0.717, 1.165) is 13.0 Å². The normalized spacial score (nSPS) is 10.5. The summed E-state index contributed by atoms with van der Waals surface area (Å²) in [5.74, 6) is 5.09. The van der Waals surface area contributed by atoms with Crippen LogP contribution in [0.5, 0.6) is 0 Å². The van der Waals surface area contributed by atoms with Gasteiger partial charge in [0.1, 0.15) is 0 Å². The Morgan fingerprint density at radius 3 is 3.00 bits per heavy atom. The van der Waals surface area contributed by atoms with Crippen LogP contribution in [0, 0.1) is 0 Å². The molecule has 1 aromatic heterocycles. The summed E-state index contributed by atoms with van der Waals surface area (Å²) in [4.78, 5) is 1.38. The minimum atomic E-state index is 0.659. The third kappa shape index (κ3) is 3.64. The fourth-order valence-corrected chi connectivity index (χ4v) is 2.31. The van der Waals surface area contributed by atoms with Gasteiger partial charge in [0, 0.05) is 21.3 Å². The van der Waals surface area contributed by atoms with Crippen molar-refractivity contribution in [3.63, 3.8) is 0 Å². The number of rotatable bonds is 5. The summed E-state index contributed by atoms with van der Waals surface area (Å²) in [6.45, 7) is 1.61. The maximum atomic E-state index is 5.09. The van der Waals surface area contributed by atoms with Crippen molar-refractivity contribution in [3.05, 3.63) is 20.8 Å². The molecule has 1 aromatic rings. The predicted molar refractivity (Wildman–Crippen MR) is 55.9 cm³/mol. The van der Waals surface area contributed by atoms with Gasteiger partial charge < -0.3 is 5.32 Å². The van der Waals surface area contributed by atoms with Crippen LogP contribution in [0.2, 0.25) is 0 Å². The van der Waals surface area contributed by atoms with Crippen LogP contribution in [0.4, 0.5) is 0 Å². The van der Waals surface area contributed by atoms with Gasteiger partial charge in [0.2, 0.25) is 0 Å².